The van der Waals surface area contributed by atoms with Crippen molar-refractivity contribution in [2.45, 2.75) is 39.3 Å². The largest absolute Gasteiger partial charge is 0.462 e. The van der Waals surface area contributed by atoms with Gasteiger partial charge in [0.1, 0.15) is 5.00 Å². The molecular formula is C26H22BrF3N4O3S. The molecule has 1 amide bonds. The normalized spacial score (nSPS) is 15.4. The molecule has 1 aliphatic carbocycles. The molecule has 0 saturated carbocycles. The number of amides is 1. The van der Waals surface area contributed by atoms with Crippen LogP contribution in [-0.4, -0.2) is 33.1 Å². The number of hydrogen-bond acceptors (Lipinski definition) is 6. The highest BCUT2D eigenvalue weighted by Gasteiger charge is 2.37. The number of hydrogen-bond donors (Lipinski definition) is 1. The van der Waals surface area contributed by atoms with Crippen LogP contribution in [0.1, 0.15) is 57.2 Å². The first kappa shape index (κ1) is 26.4. The van der Waals surface area contributed by atoms with Crippen molar-refractivity contribution >= 4 is 49.8 Å². The number of aromatic nitrogens is 3. The lowest BCUT2D eigenvalue weighted by molar-refractivity contribution is -0.142. The second kappa shape index (κ2) is 10.1. The van der Waals surface area contributed by atoms with E-state index in [4.69, 9.17) is 4.74 Å². The Morgan fingerprint density at radius 3 is 2.68 bits per heavy atom. The van der Waals surface area contributed by atoms with Crippen LogP contribution in [0, 0.1) is 5.92 Å². The summed E-state index contributed by atoms with van der Waals surface area (Å²) in [6.07, 6.45) is -2.42. The van der Waals surface area contributed by atoms with Crippen molar-refractivity contribution in [3.8, 4) is 11.3 Å². The molecule has 0 saturated heterocycles. The minimum absolute atomic E-state index is 0.00547. The van der Waals surface area contributed by atoms with Gasteiger partial charge in [-0.05, 0) is 59.7 Å². The maximum Gasteiger partial charge on any atom is 0.433 e. The minimum atomic E-state index is -4.76. The highest BCUT2D eigenvalue weighted by molar-refractivity contribution is 9.10. The van der Waals surface area contributed by atoms with Gasteiger partial charge in [0.25, 0.3) is 5.91 Å². The van der Waals surface area contributed by atoms with Gasteiger partial charge in [0, 0.05) is 10.4 Å². The summed E-state index contributed by atoms with van der Waals surface area (Å²) in [5, 5.41) is 6.98. The predicted octanol–water partition coefficient (Wildman–Crippen LogP) is 6.79. The number of esters is 1. The molecule has 3 aromatic heterocycles. The molecule has 0 unspecified atom stereocenters. The number of halogens is 4. The van der Waals surface area contributed by atoms with Gasteiger partial charge in [-0.1, -0.05) is 37.3 Å². The number of benzene rings is 1. The Hall–Kier alpha value is -3.25. The van der Waals surface area contributed by atoms with Crippen LogP contribution in [-0.2, 0) is 23.8 Å². The van der Waals surface area contributed by atoms with Crippen LogP contribution in [0.3, 0.4) is 0 Å². The van der Waals surface area contributed by atoms with Crippen LogP contribution >= 0.6 is 27.3 Å². The molecular weight excluding hydrogens is 585 g/mol. The van der Waals surface area contributed by atoms with Crippen LogP contribution < -0.4 is 5.32 Å². The summed E-state index contributed by atoms with van der Waals surface area (Å²) in [5.41, 5.74) is 0.196. The third kappa shape index (κ3) is 4.82. The van der Waals surface area contributed by atoms with Gasteiger partial charge in [-0.15, -0.1) is 11.3 Å². The van der Waals surface area contributed by atoms with Crippen LogP contribution in [0.4, 0.5) is 18.2 Å². The van der Waals surface area contributed by atoms with E-state index in [9.17, 15) is 22.8 Å². The Morgan fingerprint density at radius 1 is 1.26 bits per heavy atom. The molecule has 4 aromatic rings. The molecule has 0 spiro atoms. The van der Waals surface area contributed by atoms with Gasteiger partial charge in [-0.25, -0.2) is 14.3 Å². The van der Waals surface area contributed by atoms with Gasteiger partial charge in [0.15, 0.2) is 17.0 Å². The molecule has 38 heavy (non-hydrogen) atoms. The first-order valence-electron chi connectivity index (χ1n) is 11.9. The fraction of sp³-hybridized carbons (Fsp3) is 0.308. The molecule has 198 valence electrons. The summed E-state index contributed by atoms with van der Waals surface area (Å²) in [7, 11) is 0. The van der Waals surface area contributed by atoms with Crippen molar-refractivity contribution in [1.82, 2.24) is 14.6 Å². The molecule has 3 heterocycles. The molecule has 7 nitrogen and oxygen atoms in total. The average Bonchev–Trinajstić information content (AvgIpc) is 3.40. The van der Waals surface area contributed by atoms with Crippen molar-refractivity contribution < 1.29 is 27.5 Å². The molecule has 1 atom stereocenters. The van der Waals surface area contributed by atoms with Crippen molar-refractivity contribution in [3.05, 3.63) is 68.3 Å². The fourth-order valence-corrected chi connectivity index (χ4v) is 6.43. The van der Waals surface area contributed by atoms with Gasteiger partial charge in [0.05, 0.1) is 22.3 Å². The van der Waals surface area contributed by atoms with E-state index in [2.05, 4.69) is 38.3 Å². The number of anilines is 1. The summed E-state index contributed by atoms with van der Waals surface area (Å²) >= 11 is 4.53. The maximum absolute atomic E-state index is 14.0. The number of alkyl halides is 3. The summed E-state index contributed by atoms with van der Waals surface area (Å²) in [4.78, 5) is 31.5. The lowest BCUT2D eigenvalue weighted by Gasteiger charge is -2.18. The molecule has 0 aliphatic heterocycles. The van der Waals surface area contributed by atoms with Crippen molar-refractivity contribution in [2.75, 3.05) is 11.9 Å². The van der Waals surface area contributed by atoms with E-state index in [1.54, 1.807) is 37.3 Å². The number of ether oxygens (including phenoxy) is 1. The first-order chi connectivity index (χ1) is 18.1. The monoisotopic (exact) mass is 606 g/mol. The Balaban J connectivity index is 1.59. The van der Waals surface area contributed by atoms with E-state index in [0.29, 0.717) is 33.0 Å². The molecule has 0 bridgehead atoms. The van der Waals surface area contributed by atoms with E-state index >= 15 is 0 Å². The molecule has 1 aliphatic rings. The summed E-state index contributed by atoms with van der Waals surface area (Å²) < 4.78 is 47.9. The number of rotatable bonds is 5. The van der Waals surface area contributed by atoms with Crippen molar-refractivity contribution in [3.63, 3.8) is 0 Å². The van der Waals surface area contributed by atoms with E-state index in [1.807, 2.05) is 0 Å². The highest BCUT2D eigenvalue weighted by atomic mass is 79.9. The third-order valence-corrected chi connectivity index (χ3v) is 8.23. The van der Waals surface area contributed by atoms with E-state index in [0.717, 1.165) is 29.3 Å². The van der Waals surface area contributed by atoms with Crippen LogP contribution in [0.5, 0.6) is 0 Å². The zero-order valence-corrected chi connectivity index (χ0v) is 22.8. The van der Waals surface area contributed by atoms with Crippen molar-refractivity contribution in [1.29, 1.82) is 0 Å². The van der Waals surface area contributed by atoms with Gasteiger partial charge < -0.3 is 10.1 Å². The van der Waals surface area contributed by atoms with E-state index in [-0.39, 0.29) is 28.1 Å². The van der Waals surface area contributed by atoms with Gasteiger partial charge >= 0.3 is 12.1 Å². The zero-order valence-electron chi connectivity index (χ0n) is 20.4. The molecule has 1 aromatic carbocycles. The topological polar surface area (TPSA) is 85.6 Å². The summed E-state index contributed by atoms with van der Waals surface area (Å²) in [6, 6.07) is 9.33. The van der Waals surface area contributed by atoms with Crippen LogP contribution in [0.25, 0.3) is 16.9 Å². The number of carbonyl (C=O) groups excluding carboxylic acids is 2. The molecule has 0 radical (unpaired) electrons. The average molecular weight is 607 g/mol. The third-order valence-electron chi connectivity index (χ3n) is 6.33. The van der Waals surface area contributed by atoms with E-state index in [1.165, 1.54) is 11.3 Å². The Labute approximate surface area is 228 Å². The van der Waals surface area contributed by atoms with Gasteiger partial charge in [0.2, 0.25) is 0 Å². The highest BCUT2D eigenvalue weighted by Crippen LogP contribution is 2.41. The predicted molar refractivity (Wildman–Crippen MR) is 141 cm³/mol. The molecule has 0 fully saturated rings. The summed E-state index contributed by atoms with van der Waals surface area (Å²) in [6.45, 7) is 3.98. The Morgan fingerprint density at radius 2 is 2.00 bits per heavy atom. The maximum atomic E-state index is 14.0. The number of fused-ring (bicyclic) bond motifs is 2. The Bertz CT molecular complexity index is 1550. The zero-order chi connectivity index (χ0) is 27.2. The smallest absolute Gasteiger partial charge is 0.433 e. The lowest BCUT2D eigenvalue weighted by Crippen LogP contribution is -2.18. The SMILES string of the molecule is CCOC(=O)c1c(NC(=O)c2nn3c(C(F)(F)F)cc(-c4ccccc4)nc3c2Br)sc2c1CC[C@H](C)C2. The fourth-order valence-electron chi connectivity index (χ4n) is 4.52. The number of nitrogens with zero attached hydrogens (tertiary/aromatic N) is 3. The number of nitrogens with one attached hydrogen (secondary N) is 1. The quantitative estimate of drug-likeness (QED) is 0.253. The lowest BCUT2D eigenvalue weighted by atomic mass is 9.88. The molecule has 1 N–H and O–H groups in total. The Kier molecular flexibility index (Phi) is 7.03. The van der Waals surface area contributed by atoms with E-state index < -0.39 is 23.7 Å². The number of carbonyl (C=O) groups is 2. The first-order valence-corrected chi connectivity index (χ1v) is 13.5. The number of thiophene rings is 1. The van der Waals surface area contributed by atoms with Gasteiger partial charge in [-0.3, -0.25) is 4.79 Å². The minimum Gasteiger partial charge on any atom is -0.462 e. The second-order valence-electron chi connectivity index (χ2n) is 9.02. The molecule has 12 heteroatoms. The van der Waals surface area contributed by atoms with Crippen LogP contribution in [0.2, 0.25) is 0 Å². The van der Waals surface area contributed by atoms with Crippen LogP contribution in [0.15, 0.2) is 40.9 Å². The molecule has 5 rings (SSSR count). The van der Waals surface area contributed by atoms with Crippen molar-refractivity contribution in [2.24, 2.45) is 5.92 Å². The standard InChI is InChI=1S/C26H22BrF3N4O3S/c1-3-37-25(36)19-15-10-9-13(2)11-17(15)38-24(19)32-23(35)21-20(27)22-31-16(14-7-5-4-6-8-14)12-18(26(28,29)30)34(22)33-21/h4-8,12-13H,3,9-11H2,1-2H3,(H,32,35)/t13-/m0/s1. The van der Waals surface area contributed by atoms with Gasteiger partial charge in [-0.2, -0.15) is 18.3 Å². The summed E-state index contributed by atoms with van der Waals surface area (Å²) in [5.74, 6) is -0.885. The second-order valence-corrected chi connectivity index (χ2v) is 10.9.